The lowest BCUT2D eigenvalue weighted by molar-refractivity contribution is 0.0374. The van der Waals surface area contributed by atoms with Gasteiger partial charge in [-0.15, -0.1) is 0 Å². The fourth-order valence-electron chi connectivity index (χ4n) is 1.70. The molecule has 1 aromatic rings. The van der Waals surface area contributed by atoms with E-state index in [1.807, 2.05) is 19.9 Å². The monoisotopic (exact) mass is 270 g/mol. The summed E-state index contributed by atoms with van der Waals surface area (Å²) in [5.74, 6) is 0.343. The Labute approximate surface area is 113 Å². The van der Waals surface area contributed by atoms with Gasteiger partial charge in [0.25, 0.3) is 0 Å². The lowest BCUT2D eigenvalue weighted by atomic mass is 9.99. The largest absolute Gasteiger partial charge is 0.496 e. The standard InChI is InChI=1S/C14H19ClO3/c1-8(2)11-6-10(15)7-12(13(11)17-5)14(16)18-9(3)4/h6-9H,1-5H3. The molecule has 0 radical (unpaired) electrons. The number of esters is 1. The van der Waals surface area contributed by atoms with Crippen molar-refractivity contribution in [3.8, 4) is 5.75 Å². The summed E-state index contributed by atoms with van der Waals surface area (Å²) in [6.07, 6.45) is -0.177. The van der Waals surface area contributed by atoms with Crippen LogP contribution in [0.25, 0.3) is 0 Å². The number of benzene rings is 1. The van der Waals surface area contributed by atoms with Crippen LogP contribution >= 0.6 is 11.6 Å². The van der Waals surface area contributed by atoms with Gasteiger partial charge in [0.05, 0.1) is 13.2 Å². The van der Waals surface area contributed by atoms with Gasteiger partial charge in [-0.2, -0.15) is 0 Å². The molecule has 3 nitrogen and oxygen atoms in total. The molecule has 0 amide bonds. The number of carbonyl (C=O) groups excluding carboxylic acids is 1. The van der Waals surface area contributed by atoms with Gasteiger partial charge in [0, 0.05) is 5.02 Å². The first-order chi connectivity index (χ1) is 8.36. The maximum atomic E-state index is 12.0. The van der Waals surface area contributed by atoms with E-state index in [2.05, 4.69) is 0 Å². The second-order valence-electron chi connectivity index (χ2n) is 4.68. The van der Waals surface area contributed by atoms with Gasteiger partial charge in [0.2, 0.25) is 0 Å². The average Bonchev–Trinajstić information content (AvgIpc) is 2.26. The van der Waals surface area contributed by atoms with Crippen molar-refractivity contribution in [1.29, 1.82) is 0 Å². The summed E-state index contributed by atoms with van der Waals surface area (Å²) < 4.78 is 10.5. The van der Waals surface area contributed by atoms with E-state index < -0.39 is 5.97 Å². The lowest BCUT2D eigenvalue weighted by Gasteiger charge is -2.17. The second-order valence-corrected chi connectivity index (χ2v) is 5.12. The van der Waals surface area contributed by atoms with Gasteiger partial charge in [-0.1, -0.05) is 25.4 Å². The van der Waals surface area contributed by atoms with Crippen molar-refractivity contribution < 1.29 is 14.3 Å². The van der Waals surface area contributed by atoms with Gasteiger partial charge in [0.15, 0.2) is 0 Å². The molecule has 0 fully saturated rings. The summed E-state index contributed by atoms with van der Waals surface area (Å²) >= 11 is 6.04. The van der Waals surface area contributed by atoms with Crippen molar-refractivity contribution >= 4 is 17.6 Å². The Morgan fingerprint density at radius 1 is 1.22 bits per heavy atom. The fraction of sp³-hybridized carbons (Fsp3) is 0.500. The highest BCUT2D eigenvalue weighted by molar-refractivity contribution is 6.31. The predicted molar refractivity (Wildman–Crippen MR) is 72.6 cm³/mol. The quantitative estimate of drug-likeness (QED) is 0.775. The molecule has 1 rings (SSSR count). The van der Waals surface area contributed by atoms with Crippen molar-refractivity contribution in [3.05, 3.63) is 28.3 Å². The van der Waals surface area contributed by atoms with Gasteiger partial charge < -0.3 is 9.47 Å². The highest BCUT2D eigenvalue weighted by Crippen LogP contribution is 2.33. The molecule has 0 heterocycles. The zero-order valence-corrected chi connectivity index (χ0v) is 12.2. The minimum atomic E-state index is -0.411. The number of hydrogen-bond acceptors (Lipinski definition) is 3. The van der Waals surface area contributed by atoms with Crippen LogP contribution in [0.3, 0.4) is 0 Å². The predicted octanol–water partition coefficient (Wildman–Crippen LogP) is 4.04. The van der Waals surface area contributed by atoms with E-state index in [0.717, 1.165) is 5.56 Å². The molecule has 0 aliphatic heterocycles. The van der Waals surface area contributed by atoms with Crippen LogP contribution in [0.15, 0.2) is 12.1 Å². The third-order valence-corrected chi connectivity index (χ3v) is 2.69. The maximum absolute atomic E-state index is 12.0. The molecule has 0 bridgehead atoms. The molecule has 0 spiro atoms. The topological polar surface area (TPSA) is 35.5 Å². The van der Waals surface area contributed by atoms with E-state index in [9.17, 15) is 4.79 Å². The third-order valence-electron chi connectivity index (χ3n) is 2.47. The third kappa shape index (κ3) is 3.39. The summed E-state index contributed by atoms with van der Waals surface area (Å²) in [4.78, 5) is 12.0. The molecule has 0 aliphatic rings. The molecule has 0 aromatic heterocycles. The smallest absolute Gasteiger partial charge is 0.342 e. The molecule has 0 unspecified atom stereocenters. The Bertz CT molecular complexity index is 439. The van der Waals surface area contributed by atoms with E-state index in [1.54, 1.807) is 27.0 Å². The van der Waals surface area contributed by atoms with E-state index in [4.69, 9.17) is 21.1 Å². The first-order valence-corrected chi connectivity index (χ1v) is 6.33. The summed E-state index contributed by atoms with van der Waals surface area (Å²) in [6.45, 7) is 7.65. The Hall–Kier alpha value is -1.22. The van der Waals surface area contributed by atoms with Crippen LogP contribution in [-0.4, -0.2) is 19.2 Å². The van der Waals surface area contributed by atoms with Crippen molar-refractivity contribution in [3.63, 3.8) is 0 Å². The highest BCUT2D eigenvalue weighted by atomic mass is 35.5. The van der Waals surface area contributed by atoms with Crippen LogP contribution in [0.4, 0.5) is 0 Å². The molecule has 4 heteroatoms. The molecule has 0 saturated carbocycles. The van der Waals surface area contributed by atoms with Crippen LogP contribution in [0.5, 0.6) is 5.75 Å². The number of hydrogen-bond donors (Lipinski definition) is 0. The van der Waals surface area contributed by atoms with Crippen LogP contribution in [0, 0.1) is 0 Å². The van der Waals surface area contributed by atoms with Gasteiger partial charge in [0.1, 0.15) is 11.3 Å². The van der Waals surface area contributed by atoms with Gasteiger partial charge in [-0.25, -0.2) is 4.79 Å². The minimum Gasteiger partial charge on any atom is -0.496 e. The zero-order valence-electron chi connectivity index (χ0n) is 11.4. The number of rotatable bonds is 4. The minimum absolute atomic E-state index is 0.177. The first-order valence-electron chi connectivity index (χ1n) is 5.95. The van der Waals surface area contributed by atoms with Gasteiger partial charge >= 0.3 is 5.97 Å². The molecule has 100 valence electrons. The Morgan fingerprint density at radius 3 is 2.28 bits per heavy atom. The van der Waals surface area contributed by atoms with Crippen LogP contribution in [0.2, 0.25) is 5.02 Å². The highest BCUT2D eigenvalue weighted by Gasteiger charge is 2.20. The van der Waals surface area contributed by atoms with Gasteiger partial charge in [-0.05, 0) is 37.5 Å². The lowest BCUT2D eigenvalue weighted by Crippen LogP contribution is -2.13. The maximum Gasteiger partial charge on any atom is 0.342 e. The van der Waals surface area contributed by atoms with Crippen LogP contribution < -0.4 is 4.74 Å². The van der Waals surface area contributed by atoms with E-state index in [0.29, 0.717) is 16.3 Å². The first kappa shape index (κ1) is 14.8. The van der Waals surface area contributed by atoms with Gasteiger partial charge in [-0.3, -0.25) is 0 Å². The van der Waals surface area contributed by atoms with Crippen molar-refractivity contribution in [2.75, 3.05) is 7.11 Å². The Morgan fingerprint density at radius 2 is 1.83 bits per heavy atom. The average molecular weight is 271 g/mol. The number of methoxy groups -OCH3 is 1. The van der Waals surface area contributed by atoms with E-state index >= 15 is 0 Å². The summed E-state index contributed by atoms with van der Waals surface area (Å²) in [5, 5.41) is 0.509. The Kier molecular flexibility index (Phi) is 5.03. The number of halogens is 1. The molecule has 0 aliphatic carbocycles. The fourth-order valence-corrected chi connectivity index (χ4v) is 1.93. The molecular formula is C14H19ClO3. The number of ether oxygens (including phenoxy) is 2. The SMILES string of the molecule is COc1c(C(=O)OC(C)C)cc(Cl)cc1C(C)C. The summed E-state index contributed by atoms with van der Waals surface area (Å²) in [7, 11) is 1.54. The van der Waals surface area contributed by atoms with E-state index in [1.165, 1.54) is 0 Å². The number of carbonyl (C=O) groups is 1. The molecule has 18 heavy (non-hydrogen) atoms. The summed E-state index contributed by atoms with van der Waals surface area (Å²) in [5.41, 5.74) is 1.28. The van der Waals surface area contributed by atoms with Crippen molar-refractivity contribution in [2.45, 2.75) is 39.7 Å². The van der Waals surface area contributed by atoms with Crippen LogP contribution in [-0.2, 0) is 4.74 Å². The second kappa shape index (κ2) is 6.10. The Balaban J connectivity index is 3.29. The zero-order chi connectivity index (χ0) is 13.9. The van der Waals surface area contributed by atoms with Crippen LogP contribution in [0.1, 0.15) is 49.5 Å². The molecule has 0 saturated heterocycles. The van der Waals surface area contributed by atoms with E-state index in [-0.39, 0.29) is 12.0 Å². The molecule has 1 aromatic carbocycles. The van der Waals surface area contributed by atoms with Crippen molar-refractivity contribution in [1.82, 2.24) is 0 Å². The molecule has 0 atom stereocenters. The molecular weight excluding hydrogens is 252 g/mol. The molecule has 0 N–H and O–H groups in total. The van der Waals surface area contributed by atoms with Crippen molar-refractivity contribution in [2.24, 2.45) is 0 Å². The summed E-state index contributed by atoms with van der Waals surface area (Å²) in [6, 6.07) is 3.40. The normalized spacial score (nSPS) is 10.9.